The van der Waals surface area contributed by atoms with E-state index in [2.05, 4.69) is 16.4 Å². The number of hydrogen-bond donors (Lipinski definition) is 2. The number of aromatic nitrogens is 1. The first-order valence-electron chi connectivity index (χ1n) is 9.24. The van der Waals surface area contributed by atoms with Crippen LogP contribution in [0.5, 0.6) is 0 Å². The lowest BCUT2D eigenvalue weighted by atomic mass is 9.90. The van der Waals surface area contributed by atoms with Crippen LogP contribution in [0, 0.1) is 0 Å². The second-order valence-corrected chi connectivity index (χ2v) is 8.81. The molecule has 4 rings (SSSR count). The van der Waals surface area contributed by atoms with Crippen molar-refractivity contribution in [3.05, 3.63) is 47.3 Å². The number of anilines is 1. The van der Waals surface area contributed by atoms with Crippen molar-refractivity contribution in [1.82, 2.24) is 9.29 Å². The zero-order valence-electron chi connectivity index (χ0n) is 15.0. The molecule has 144 valence electrons. The largest absolute Gasteiger partial charge is 0.379 e. The van der Waals surface area contributed by atoms with E-state index < -0.39 is 10.0 Å². The number of rotatable bonds is 4. The van der Waals surface area contributed by atoms with Gasteiger partial charge in [0.25, 0.3) is 5.91 Å². The molecule has 2 aliphatic rings. The van der Waals surface area contributed by atoms with Crippen LogP contribution in [0.2, 0.25) is 0 Å². The maximum absolute atomic E-state index is 12.7. The summed E-state index contributed by atoms with van der Waals surface area (Å²) in [6.45, 7) is 1.42. The van der Waals surface area contributed by atoms with Gasteiger partial charge in [-0.05, 0) is 48.9 Å². The fraction of sp³-hybridized carbons (Fsp3) is 0.421. The standard InChI is InChI=1S/C19H23N3O4S/c23-19(21-17-7-3-5-14-4-1-2-6-16(14)17)18-12-15(13-20-18)27(24,25)22-8-10-26-11-9-22/h3,5,7,12-13,20H,1-2,4,6,8-11H2,(H,21,23). The van der Waals surface area contributed by atoms with Crippen LogP contribution in [0.1, 0.15) is 34.5 Å². The van der Waals surface area contributed by atoms with E-state index in [1.54, 1.807) is 0 Å². The van der Waals surface area contributed by atoms with Gasteiger partial charge in [-0.1, -0.05) is 12.1 Å². The molecular formula is C19H23N3O4S. The van der Waals surface area contributed by atoms with Crippen LogP contribution in [-0.2, 0) is 27.6 Å². The Morgan fingerprint density at radius 3 is 2.74 bits per heavy atom. The van der Waals surface area contributed by atoms with Crippen LogP contribution in [0.15, 0.2) is 35.4 Å². The Morgan fingerprint density at radius 1 is 1.15 bits per heavy atom. The summed E-state index contributed by atoms with van der Waals surface area (Å²) in [6.07, 6.45) is 5.64. The van der Waals surface area contributed by atoms with Gasteiger partial charge in [-0.15, -0.1) is 0 Å². The van der Waals surface area contributed by atoms with Gasteiger partial charge < -0.3 is 15.0 Å². The molecule has 1 aromatic carbocycles. The molecule has 1 aliphatic heterocycles. The molecule has 1 aromatic heterocycles. The number of hydrogen-bond acceptors (Lipinski definition) is 4. The topological polar surface area (TPSA) is 91.5 Å². The van der Waals surface area contributed by atoms with Crippen molar-refractivity contribution >= 4 is 21.6 Å². The number of morpholine rings is 1. The molecule has 0 bridgehead atoms. The highest BCUT2D eigenvalue weighted by Crippen LogP contribution is 2.28. The van der Waals surface area contributed by atoms with Gasteiger partial charge in [0.05, 0.1) is 13.2 Å². The number of benzene rings is 1. The maximum atomic E-state index is 12.7. The lowest BCUT2D eigenvalue weighted by Gasteiger charge is -2.25. The molecule has 1 saturated heterocycles. The molecule has 7 nitrogen and oxygen atoms in total. The number of nitrogens with zero attached hydrogens (tertiary/aromatic N) is 1. The Morgan fingerprint density at radius 2 is 1.93 bits per heavy atom. The predicted octanol–water partition coefficient (Wildman–Crippen LogP) is 2.17. The molecule has 0 unspecified atom stereocenters. The maximum Gasteiger partial charge on any atom is 0.272 e. The molecule has 0 spiro atoms. The van der Waals surface area contributed by atoms with Crippen molar-refractivity contribution < 1.29 is 17.9 Å². The van der Waals surface area contributed by atoms with Gasteiger partial charge in [-0.3, -0.25) is 4.79 Å². The van der Waals surface area contributed by atoms with Gasteiger partial charge in [0, 0.05) is 25.0 Å². The number of nitrogens with one attached hydrogen (secondary N) is 2. The number of sulfonamides is 1. The van der Waals surface area contributed by atoms with Gasteiger partial charge in [0.15, 0.2) is 0 Å². The summed E-state index contributed by atoms with van der Waals surface area (Å²) in [4.78, 5) is 15.5. The summed E-state index contributed by atoms with van der Waals surface area (Å²) in [5.41, 5.74) is 3.51. The van der Waals surface area contributed by atoms with Crippen molar-refractivity contribution in [2.24, 2.45) is 0 Å². The molecule has 1 fully saturated rings. The lowest BCUT2D eigenvalue weighted by molar-refractivity contribution is 0.0730. The smallest absolute Gasteiger partial charge is 0.272 e. The minimum Gasteiger partial charge on any atom is -0.379 e. The van der Waals surface area contributed by atoms with Crippen molar-refractivity contribution in [2.45, 2.75) is 30.6 Å². The predicted molar refractivity (Wildman–Crippen MR) is 101 cm³/mol. The second-order valence-electron chi connectivity index (χ2n) is 6.87. The van der Waals surface area contributed by atoms with Crippen molar-refractivity contribution in [2.75, 3.05) is 31.6 Å². The number of carbonyl (C=O) groups is 1. The fourth-order valence-electron chi connectivity index (χ4n) is 3.68. The normalized spacial score (nSPS) is 18.1. The summed E-state index contributed by atoms with van der Waals surface area (Å²) < 4.78 is 32.0. The molecular weight excluding hydrogens is 366 g/mol. The summed E-state index contributed by atoms with van der Waals surface area (Å²) in [6, 6.07) is 7.35. The molecule has 1 amide bonds. The summed E-state index contributed by atoms with van der Waals surface area (Å²) in [5, 5.41) is 2.93. The van der Waals surface area contributed by atoms with E-state index in [1.165, 1.54) is 34.1 Å². The van der Waals surface area contributed by atoms with Crippen LogP contribution < -0.4 is 5.32 Å². The molecule has 8 heteroatoms. The molecule has 27 heavy (non-hydrogen) atoms. The zero-order chi connectivity index (χ0) is 18.9. The first-order chi connectivity index (χ1) is 13.1. The van der Waals surface area contributed by atoms with Gasteiger partial charge in [-0.25, -0.2) is 8.42 Å². The summed E-state index contributed by atoms with van der Waals surface area (Å²) >= 11 is 0. The van der Waals surface area contributed by atoms with E-state index in [9.17, 15) is 13.2 Å². The number of amides is 1. The highest BCUT2D eigenvalue weighted by Gasteiger charge is 2.28. The molecule has 0 atom stereocenters. The minimum absolute atomic E-state index is 0.102. The Kier molecular flexibility index (Phi) is 5.03. The van der Waals surface area contributed by atoms with Crippen LogP contribution in [0.4, 0.5) is 5.69 Å². The molecule has 1 aliphatic carbocycles. The van der Waals surface area contributed by atoms with E-state index in [-0.39, 0.29) is 16.5 Å². The Hall–Kier alpha value is -2.16. The monoisotopic (exact) mass is 389 g/mol. The van der Waals surface area contributed by atoms with E-state index in [0.29, 0.717) is 26.3 Å². The average molecular weight is 389 g/mol. The highest BCUT2D eigenvalue weighted by molar-refractivity contribution is 7.89. The van der Waals surface area contributed by atoms with E-state index in [1.807, 2.05) is 12.1 Å². The summed E-state index contributed by atoms with van der Waals surface area (Å²) in [7, 11) is -3.62. The van der Waals surface area contributed by atoms with Crippen molar-refractivity contribution in [3.63, 3.8) is 0 Å². The lowest BCUT2D eigenvalue weighted by Crippen LogP contribution is -2.40. The van der Waals surface area contributed by atoms with Crippen LogP contribution in [-0.4, -0.2) is 49.9 Å². The molecule has 2 aromatic rings. The summed E-state index contributed by atoms with van der Waals surface area (Å²) in [5.74, 6) is -0.336. The quantitative estimate of drug-likeness (QED) is 0.838. The van der Waals surface area contributed by atoms with Crippen LogP contribution in [0.3, 0.4) is 0 Å². The third-order valence-corrected chi connectivity index (χ3v) is 7.03. The fourth-order valence-corrected chi connectivity index (χ4v) is 5.08. The van der Waals surface area contributed by atoms with Crippen molar-refractivity contribution in [3.8, 4) is 0 Å². The first-order valence-corrected chi connectivity index (χ1v) is 10.7. The van der Waals surface area contributed by atoms with Gasteiger partial charge >= 0.3 is 0 Å². The number of carbonyl (C=O) groups excluding carboxylic acids is 1. The van der Waals surface area contributed by atoms with E-state index >= 15 is 0 Å². The van der Waals surface area contributed by atoms with Crippen LogP contribution >= 0.6 is 0 Å². The van der Waals surface area contributed by atoms with Gasteiger partial charge in [0.2, 0.25) is 10.0 Å². The third-order valence-electron chi connectivity index (χ3n) is 5.15. The SMILES string of the molecule is O=C(Nc1cccc2c1CCCC2)c1cc(S(=O)(=O)N2CCOCC2)c[nH]1. The molecule has 2 N–H and O–H groups in total. The zero-order valence-corrected chi connectivity index (χ0v) is 15.8. The number of aryl methyl sites for hydroxylation is 1. The van der Waals surface area contributed by atoms with Crippen molar-refractivity contribution in [1.29, 1.82) is 0 Å². The molecule has 0 radical (unpaired) electrons. The Balaban J connectivity index is 1.53. The number of aromatic amines is 1. The Bertz CT molecular complexity index is 946. The molecule has 2 heterocycles. The van der Waals surface area contributed by atoms with E-state index in [0.717, 1.165) is 24.9 Å². The second kappa shape index (κ2) is 7.46. The number of fused-ring (bicyclic) bond motifs is 1. The van der Waals surface area contributed by atoms with E-state index in [4.69, 9.17) is 4.74 Å². The highest BCUT2D eigenvalue weighted by atomic mass is 32.2. The minimum atomic E-state index is -3.62. The first kappa shape index (κ1) is 18.2. The molecule has 0 saturated carbocycles. The van der Waals surface area contributed by atoms with Gasteiger partial charge in [-0.2, -0.15) is 4.31 Å². The number of H-pyrrole nitrogens is 1. The number of ether oxygens (including phenoxy) is 1. The third kappa shape index (κ3) is 3.65. The van der Waals surface area contributed by atoms with Crippen LogP contribution in [0.25, 0.3) is 0 Å². The van der Waals surface area contributed by atoms with Gasteiger partial charge in [0.1, 0.15) is 10.6 Å². The Labute approximate surface area is 158 Å². The average Bonchev–Trinajstić information content (AvgIpc) is 3.20.